The summed E-state index contributed by atoms with van der Waals surface area (Å²) in [4.78, 5) is 50.9. The van der Waals surface area contributed by atoms with E-state index in [0.29, 0.717) is 26.2 Å². The first kappa shape index (κ1) is 21.7. The quantitative estimate of drug-likeness (QED) is 0.473. The number of fused-ring (bicyclic) bond motifs is 2. The Morgan fingerprint density at radius 3 is 2.55 bits per heavy atom. The van der Waals surface area contributed by atoms with Gasteiger partial charge in [0, 0.05) is 27.1 Å². The molecule has 5 rings (SSSR count). The lowest BCUT2D eigenvalue weighted by Gasteiger charge is -2.31. The number of nitrogens with zero attached hydrogens (tertiary/aromatic N) is 1. The van der Waals surface area contributed by atoms with Crippen LogP contribution in [0.4, 0.5) is 5.69 Å². The Kier molecular flexibility index (Phi) is 5.51. The van der Waals surface area contributed by atoms with Crippen LogP contribution in [0.15, 0.2) is 58.4 Å². The standard InChI is InChI=1S/C22H16ClN3O5S2/c23-10-5-7-11(8-6-10)24-14(28)9-26-21-18(33-22(26)31)15(12-3-1-2-4-13(12)27)16-17(32-21)20(30)25-19(16)29/h1-8,15-17,27H,9H2,(H,24,28)(H,25,29,30)/t15-,16+,17-/m0/s1. The second-order valence-electron chi connectivity index (χ2n) is 7.63. The SMILES string of the molecule is O=C(Cn1c2c(sc1=O)[C@@H](c1ccccc1O)[C@H]1C(=O)NC(=O)[C@H]1S2)Nc1ccc(Cl)cc1. The van der Waals surface area contributed by atoms with Gasteiger partial charge < -0.3 is 10.4 Å². The van der Waals surface area contributed by atoms with Crippen LogP contribution >= 0.6 is 34.7 Å². The van der Waals surface area contributed by atoms with Crippen molar-refractivity contribution < 1.29 is 19.5 Å². The van der Waals surface area contributed by atoms with E-state index in [9.17, 15) is 24.3 Å². The van der Waals surface area contributed by atoms with Gasteiger partial charge >= 0.3 is 4.87 Å². The van der Waals surface area contributed by atoms with Crippen LogP contribution in [0.25, 0.3) is 0 Å². The molecule has 0 bridgehead atoms. The molecule has 8 nitrogen and oxygen atoms in total. The number of imide groups is 1. The average Bonchev–Trinajstić information content (AvgIpc) is 3.24. The molecule has 2 aliphatic heterocycles. The van der Waals surface area contributed by atoms with E-state index in [1.807, 2.05) is 0 Å². The number of phenols is 1. The van der Waals surface area contributed by atoms with Crippen molar-refractivity contribution in [1.82, 2.24) is 9.88 Å². The van der Waals surface area contributed by atoms with Crippen molar-refractivity contribution in [2.24, 2.45) is 5.92 Å². The van der Waals surface area contributed by atoms with Crippen LogP contribution in [0.1, 0.15) is 16.4 Å². The fourth-order valence-corrected chi connectivity index (χ4v) is 7.00. The molecule has 0 aliphatic carbocycles. The number of para-hydroxylation sites is 1. The molecule has 0 unspecified atom stereocenters. The van der Waals surface area contributed by atoms with Gasteiger partial charge in [-0.3, -0.25) is 29.1 Å². The van der Waals surface area contributed by atoms with Crippen LogP contribution in [0.3, 0.4) is 0 Å². The second-order valence-corrected chi connectivity index (χ2v) is 10.2. The minimum absolute atomic E-state index is 0.0286. The largest absolute Gasteiger partial charge is 0.508 e. The van der Waals surface area contributed by atoms with E-state index in [0.717, 1.165) is 23.1 Å². The number of halogens is 1. The maximum Gasteiger partial charge on any atom is 0.308 e. The third-order valence-corrected chi connectivity index (χ3v) is 8.46. The van der Waals surface area contributed by atoms with Gasteiger partial charge in [0.25, 0.3) is 0 Å². The van der Waals surface area contributed by atoms with Gasteiger partial charge in [-0.1, -0.05) is 52.9 Å². The van der Waals surface area contributed by atoms with Gasteiger partial charge in [-0.15, -0.1) is 0 Å². The Balaban J connectivity index is 1.54. The number of hydrogen-bond acceptors (Lipinski definition) is 7. The number of rotatable bonds is 4. The third-order valence-electron chi connectivity index (χ3n) is 5.59. The van der Waals surface area contributed by atoms with Crippen LogP contribution in [-0.2, 0) is 20.9 Å². The molecule has 2 aromatic carbocycles. The van der Waals surface area contributed by atoms with E-state index in [-0.39, 0.29) is 17.2 Å². The van der Waals surface area contributed by atoms with Gasteiger partial charge in [-0.25, -0.2) is 0 Å². The summed E-state index contributed by atoms with van der Waals surface area (Å²) < 4.78 is 1.31. The van der Waals surface area contributed by atoms with Crippen LogP contribution < -0.4 is 15.5 Å². The van der Waals surface area contributed by atoms with E-state index in [1.54, 1.807) is 42.5 Å². The molecule has 3 atom stereocenters. The lowest BCUT2D eigenvalue weighted by Crippen LogP contribution is -2.32. The zero-order valence-electron chi connectivity index (χ0n) is 16.8. The van der Waals surface area contributed by atoms with Crippen molar-refractivity contribution in [3.05, 3.63) is 73.7 Å². The topological polar surface area (TPSA) is 118 Å². The van der Waals surface area contributed by atoms with Gasteiger partial charge in [0.2, 0.25) is 17.7 Å². The van der Waals surface area contributed by atoms with Gasteiger partial charge in [-0.05, 0) is 30.3 Å². The van der Waals surface area contributed by atoms with E-state index in [1.165, 1.54) is 10.6 Å². The van der Waals surface area contributed by atoms with Crippen molar-refractivity contribution in [2.45, 2.75) is 22.7 Å². The first-order chi connectivity index (χ1) is 15.8. The highest BCUT2D eigenvalue weighted by molar-refractivity contribution is 8.00. The molecule has 11 heteroatoms. The Morgan fingerprint density at radius 2 is 1.82 bits per heavy atom. The minimum Gasteiger partial charge on any atom is -0.508 e. The predicted octanol–water partition coefficient (Wildman–Crippen LogP) is 2.79. The van der Waals surface area contributed by atoms with Crippen molar-refractivity contribution in [3.63, 3.8) is 0 Å². The molecule has 33 heavy (non-hydrogen) atoms. The van der Waals surface area contributed by atoms with Crippen molar-refractivity contribution in [3.8, 4) is 5.75 Å². The van der Waals surface area contributed by atoms with Crippen LogP contribution in [-0.4, -0.2) is 32.6 Å². The summed E-state index contributed by atoms with van der Waals surface area (Å²) >= 11 is 7.89. The minimum atomic E-state index is -0.769. The van der Waals surface area contributed by atoms with E-state index < -0.39 is 34.8 Å². The molecular weight excluding hydrogens is 486 g/mol. The number of hydrogen-bond donors (Lipinski definition) is 3. The summed E-state index contributed by atoms with van der Waals surface area (Å²) in [5.41, 5.74) is 0.986. The number of thiazole rings is 1. The lowest BCUT2D eigenvalue weighted by molar-refractivity contribution is -0.126. The molecule has 1 aromatic heterocycles. The molecular formula is C22H16ClN3O5S2. The Bertz CT molecular complexity index is 1350. The lowest BCUT2D eigenvalue weighted by atomic mass is 9.82. The highest BCUT2D eigenvalue weighted by Gasteiger charge is 2.53. The Hall–Kier alpha value is -3.08. The number of phenolic OH excluding ortho intramolecular Hbond substituents is 1. The molecule has 0 saturated carbocycles. The first-order valence-electron chi connectivity index (χ1n) is 9.91. The second kappa shape index (κ2) is 8.36. The molecule has 0 radical (unpaired) electrons. The van der Waals surface area contributed by atoms with Gasteiger partial charge in [-0.2, -0.15) is 0 Å². The number of anilines is 1. The smallest absolute Gasteiger partial charge is 0.308 e. The van der Waals surface area contributed by atoms with Gasteiger partial charge in [0.05, 0.1) is 10.9 Å². The van der Waals surface area contributed by atoms with Crippen molar-refractivity contribution in [2.75, 3.05) is 5.32 Å². The normalized spacial score (nSPS) is 21.3. The molecule has 2 aliphatic rings. The molecule has 1 fully saturated rings. The number of thioether (sulfide) groups is 1. The first-order valence-corrected chi connectivity index (χ1v) is 12.0. The third kappa shape index (κ3) is 3.84. The van der Waals surface area contributed by atoms with Crippen LogP contribution in [0, 0.1) is 5.92 Å². The molecule has 3 aromatic rings. The fraction of sp³-hybridized carbons (Fsp3) is 0.182. The van der Waals surface area contributed by atoms with E-state index in [2.05, 4.69) is 10.6 Å². The number of amides is 3. The molecule has 3 N–H and O–H groups in total. The summed E-state index contributed by atoms with van der Waals surface area (Å²) in [5.74, 6) is -2.79. The van der Waals surface area contributed by atoms with E-state index in [4.69, 9.17) is 11.6 Å². The summed E-state index contributed by atoms with van der Waals surface area (Å²) in [6, 6.07) is 13.1. The average molecular weight is 502 g/mol. The highest BCUT2D eigenvalue weighted by atomic mass is 35.5. The van der Waals surface area contributed by atoms with E-state index >= 15 is 0 Å². The zero-order valence-corrected chi connectivity index (χ0v) is 19.2. The van der Waals surface area contributed by atoms with Crippen molar-refractivity contribution >= 4 is 58.1 Å². The number of aromatic hydroxyl groups is 1. The Morgan fingerprint density at radius 1 is 1.09 bits per heavy atom. The molecule has 168 valence electrons. The maximum absolute atomic E-state index is 12.9. The van der Waals surface area contributed by atoms with Crippen molar-refractivity contribution in [1.29, 1.82) is 0 Å². The van der Waals surface area contributed by atoms with Crippen LogP contribution in [0.5, 0.6) is 5.75 Å². The zero-order chi connectivity index (χ0) is 23.3. The maximum atomic E-state index is 12.9. The number of nitrogens with one attached hydrogen (secondary N) is 2. The number of carbonyl (C=O) groups excluding carboxylic acids is 3. The predicted molar refractivity (Wildman–Crippen MR) is 125 cm³/mol. The molecule has 1 saturated heterocycles. The molecule has 0 spiro atoms. The molecule has 3 amide bonds. The summed E-state index contributed by atoms with van der Waals surface area (Å²) in [5, 5.41) is 15.8. The summed E-state index contributed by atoms with van der Waals surface area (Å²) in [7, 11) is 0. The molecule has 3 heterocycles. The number of carbonyl (C=O) groups is 3. The number of aromatic nitrogens is 1. The highest BCUT2D eigenvalue weighted by Crippen LogP contribution is 2.52. The van der Waals surface area contributed by atoms with Crippen LogP contribution in [0.2, 0.25) is 5.02 Å². The summed E-state index contributed by atoms with van der Waals surface area (Å²) in [6.45, 7) is -0.263. The van der Waals surface area contributed by atoms with Gasteiger partial charge in [0.15, 0.2) is 0 Å². The van der Waals surface area contributed by atoms with Gasteiger partial charge in [0.1, 0.15) is 17.5 Å². The number of benzene rings is 2. The summed E-state index contributed by atoms with van der Waals surface area (Å²) in [6.07, 6.45) is 0. The fourth-order valence-electron chi connectivity index (χ4n) is 4.14. The monoisotopic (exact) mass is 501 g/mol. The Labute approximate surface area is 200 Å².